The van der Waals surface area contributed by atoms with E-state index in [4.69, 9.17) is 0 Å². The Balaban J connectivity index is 1.85. The second-order valence-corrected chi connectivity index (χ2v) is 8.41. The van der Waals surface area contributed by atoms with Gasteiger partial charge in [-0.05, 0) is 43.7 Å². The molecule has 2 aromatic carbocycles. The standard InChI is InChI=1S/C20H22N4O4S/c1-4-24-18-10-9-14(11-17(18)22-13(2)20(24)26)19(25)21-12-15-7-5-6-8-16(15)23-29(3,27)28/h5-11,23H,4,12H2,1-3H3,(H,21,25). The fraction of sp³-hybridized carbons (Fsp3) is 0.250. The minimum absolute atomic E-state index is 0.146. The van der Waals surface area contributed by atoms with Crippen molar-refractivity contribution in [3.05, 3.63) is 69.6 Å². The van der Waals surface area contributed by atoms with Gasteiger partial charge in [-0.15, -0.1) is 0 Å². The van der Waals surface area contributed by atoms with E-state index in [0.29, 0.717) is 40.1 Å². The van der Waals surface area contributed by atoms with Crippen LogP contribution in [0.2, 0.25) is 0 Å². The van der Waals surface area contributed by atoms with E-state index in [1.165, 1.54) is 0 Å². The van der Waals surface area contributed by atoms with Gasteiger partial charge in [-0.3, -0.25) is 14.3 Å². The minimum Gasteiger partial charge on any atom is -0.348 e. The van der Waals surface area contributed by atoms with Crippen LogP contribution in [0.15, 0.2) is 47.3 Å². The molecule has 152 valence electrons. The largest absolute Gasteiger partial charge is 0.348 e. The third-order valence-corrected chi connectivity index (χ3v) is 5.03. The second-order valence-electron chi connectivity index (χ2n) is 6.66. The highest BCUT2D eigenvalue weighted by Gasteiger charge is 2.12. The maximum absolute atomic E-state index is 12.6. The molecule has 0 aliphatic heterocycles. The monoisotopic (exact) mass is 414 g/mol. The number of hydrogen-bond donors (Lipinski definition) is 2. The van der Waals surface area contributed by atoms with Crippen molar-refractivity contribution in [3.8, 4) is 0 Å². The summed E-state index contributed by atoms with van der Waals surface area (Å²) in [5.74, 6) is -0.324. The molecule has 2 N–H and O–H groups in total. The number of nitrogens with one attached hydrogen (secondary N) is 2. The third kappa shape index (κ3) is 4.62. The topological polar surface area (TPSA) is 110 Å². The van der Waals surface area contributed by atoms with Gasteiger partial charge in [0, 0.05) is 18.7 Å². The Morgan fingerprint density at radius 3 is 2.59 bits per heavy atom. The van der Waals surface area contributed by atoms with Gasteiger partial charge in [0.1, 0.15) is 5.69 Å². The summed E-state index contributed by atoms with van der Waals surface area (Å²) in [5.41, 5.74) is 2.92. The quantitative estimate of drug-likeness (QED) is 0.641. The lowest BCUT2D eigenvalue weighted by molar-refractivity contribution is 0.0951. The number of aromatic nitrogens is 2. The smallest absolute Gasteiger partial charge is 0.272 e. The number of rotatable bonds is 6. The molecule has 0 radical (unpaired) electrons. The summed E-state index contributed by atoms with van der Waals surface area (Å²) < 4.78 is 27.1. The van der Waals surface area contributed by atoms with Crippen LogP contribution in [0.3, 0.4) is 0 Å². The molecule has 0 aliphatic carbocycles. The van der Waals surface area contributed by atoms with E-state index >= 15 is 0 Å². The summed E-state index contributed by atoms with van der Waals surface area (Å²) in [5, 5.41) is 2.79. The van der Waals surface area contributed by atoms with E-state index in [0.717, 1.165) is 6.26 Å². The van der Waals surface area contributed by atoms with E-state index < -0.39 is 10.0 Å². The van der Waals surface area contributed by atoms with Crippen LogP contribution in [-0.4, -0.2) is 30.1 Å². The molecule has 0 spiro atoms. The van der Waals surface area contributed by atoms with Crippen LogP contribution in [0, 0.1) is 6.92 Å². The highest BCUT2D eigenvalue weighted by molar-refractivity contribution is 7.92. The molecule has 29 heavy (non-hydrogen) atoms. The molecule has 1 aromatic heterocycles. The second kappa shape index (κ2) is 8.04. The van der Waals surface area contributed by atoms with Crippen LogP contribution in [0.1, 0.15) is 28.5 Å². The first-order valence-electron chi connectivity index (χ1n) is 9.04. The van der Waals surface area contributed by atoms with Crippen molar-refractivity contribution in [1.29, 1.82) is 0 Å². The molecule has 9 heteroatoms. The normalized spacial score (nSPS) is 11.4. The summed E-state index contributed by atoms with van der Waals surface area (Å²) in [6.07, 6.45) is 1.07. The third-order valence-electron chi connectivity index (χ3n) is 4.44. The lowest BCUT2D eigenvalue weighted by atomic mass is 10.1. The number of aryl methyl sites for hydroxylation is 2. The number of carbonyl (C=O) groups is 1. The van der Waals surface area contributed by atoms with Crippen molar-refractivity contribution in [2.24, 2.45) is 0 Å². The molecule has 0 atom stereocenters. The Hall–Kier alpha value is -3.20. The zero-order chi connectivity index (χ0) is 21.2. The summed E-state index contributed by atoms with van der Waals surface area (Å²) in [6, 6.07) is 11.8. The molecule has 1 heterocycles. The number of para-hydroxylation sites is 1. The summed E-state index contributed by atoms with van der Waals surface area (Å²) in [4.78, 5) is 29.1. The lowest BCUT2D eigenvalue weighted by Crippen LogP contribution is -2.25. The van der Waals surface area contributed by atoms with Gasteiger partial charge in [-0.2, -0.15) is 0 Å². The van der Waals surface area contributed by atoms with Gasteiger partial charge in [0.05, 0.1) is 23.0 Å². The summed E-state index contributed by atoms with van der Waals surface area (Å²) >= 11 is 0. The average molecular weight is 414 g/mol. The first-order valence-corrected chi connectivity index (χ1v) is 10.9. The molecule has 0 unspecified atom stereocenters. The molecule has 0 aliphatic rings. The van der Waals surface area contributed by atoms with E-state index in [-0.39, 0.29) is 18.0 Å². The van der Waals surface area contributed by atoms with E-state index in [1.54, 1.807) is 54.0 Å². The molecule has 0 bridgehead atoms. The molecule has 0 fully saturated rings. The Bertz CT molecular complexity index is 1250. The number of sulfonamides is 1. The van der Waals surface area contributed by atoms with E-state index in [1.807, 2.05) is 6.92 Å². The number of benzene rings is 2. The lowest BCUT2D eigenvalue weighted by Gasteiger charge is -2.12. The van der Waals surface area contributed by atoms with Gasteiger partial charge in [0.15, 0.2) is 0 Å². The number of anilines is 1. The first kappa shape index (κ1) is 20.5. The van der Waals surface area contributed by atoms with Crippen molar-refractivity contribution in [2.75, 3.05) is 11.0 Å². The predicted octanol–water partition coefficient (Wildman–Crippen LogP) is 2.03. The van der Waals surface area contributed by atoms with Crippen LogP contribution < -0.4 is 15.6 Å². The minimum atomic E-state index is -3.43. The molecule has 8 nitrogen and oxygen atoms in total. The van der Waals surface area contributed by atoms with Gasteiger partial charge in [0.2, 0.25) is 10.0 Å². The fourth-order valence-electron chi connectivity index (χ4n) is 3.08. The van der Waals surface area contributed by atoms with Crippen LogP contribution >= 0.6 is 0 Å². The van der Waals surface area contributed by atoms with Gasteiger partial charge < -0.3 is 9.88 Å². The number of amides is 1. The number of fused-ring (bicyclic) bond motifs is 1. The zero-order valence-electron chi connectivity index (χ0n) is 16.4. The molecular weight excluding hydrogens is 392 g/mol. The van der Waals surface area contributed by atoms with Gasteiger partial charge >= 0.3 is 0 Å². The number of carbonyl (C=O) groups excluding carboxylic acids is 1. The van der Waals surface area contributed by atoms with Crippen LogP contribution in [-0.2, 0) is 23.1 Å². The SMILES string of the molecule is CCn1c(=O)c(C)nc2cc(C(=O)NCc3ccccc3NS(C)(=O)=O)ccc21. The fourth-order valence-corrected chi connectivity index (χ4v) is 3.68. The number of nitrogens with zero attached hydrogens (tertiary/aromatic N) is 2. The average Bonchev–Trinajstić information content (AvgIpc) is 2.66. The van der Waals surface area contributed by atoms with Crippen molar-refractivity contribution >= 4 is 32.7 Å². The van der Waals surface area contributed by atoms with E-state index in [2.05, 4.69) is 15.0 Å². The van der Waals surface area contributed by atoms with Crippen LogP contribution in [0.5, 0.6) is 0 Å². The predicted molar refractivity (Wildman–Crippen MR) is 112 cm³/mol. The molecule has 3 aromatic rings. The highest BCUT2D eigenvalue weighted by atomic mass is 32.2. The van der Waals surface area contributed by atoms with Crippen molar-refractivity contribution < 1.29 is 13.2 Å². The van der Waals surface area contributed by atoms with Crippen LogP contribution in [0.25, 0.3) is 11.0 Å². The molecule has 0 saturated heterocycles. The Kier molecular flexibility index (Phi) is 5.69. The van der Waals surface area contributed by atoms with Gasteiger partial charge in [-0.25, -0.2) is 13.4 Å². The highest BCUT2D eigenvalue weighted by Crippen LogP contribution is 2.17. The van der Waals surface area contributed by atoms with Crippen LogP contribution in [0.4, 0.5) is 5.69 Å². The van der Waals surface area contributed by atoms with Gasteiger partial charge in [-0.1, -0.05) is 18.2 Å². The molecule has 1 amide bonds. The van der Waals surface area contributed by atoms with Crippen molar-refractivity contribution in [1.82, 2.24) is 14.9 Å². The Morgan fingerprint density at radius 1 is 1.17 bits per heavy atom. The molecule has 0 saturated carbocycles. The number of hydrogen-bond acceptors (Lipinski definition) is 5. The summed E-state index contributed by atoms with van der Waals surface area (Å²) in [7, 11) is -3.43. The maximum atomic E-state index is 12.6. The molecular formula is C20H22N4O4S. The summed E-state index contributed by atoms with van der Waals surface area (Å²) in [6.45, 7) is 4.18. The van der Waals surface area contributed by atoms with Gasteiger partial charge in [0.25, 0.3) is 11.5 Å². The Labute approximate surface area is 168 Å². The van der Waals surface area contributed by atoms with E-state index in [9.17, 15) is 18.0 Å². The zero-order valence-corrected chi connectivity index (χ0v) is 17.2. The van der Waals surface area contributed by atoms with Crippen molar-refractivity contribution in [2.45, 2.75) is 26.9 Å². The molecule has 3 rings (SSSR count). The van der Waals surface area contributed by atoms with Crippen molar-refractivity contribution in [3.63, 3.8) is 0 Å². The maximum Gasteiger partial charge on any atom is 0.272 e. The Morgan fingerprint density at radius 2 is 1.90 bits per heavy atom. The first-order chi connectivity index (χ1) is 13.7.